The SMILES string of the molecule is CC[C@@H](Oc1ccc2c(c1)[C@H](c1ccc(F)cc1)N(C(=O)C1CCCC1)CC2)C(=O)N1CCN(C(C)=O)CC1. The Morgan fingerprint density at radius 2 is 1.62 bits per heavy atom. The molecule has 0 radical (unpaired) electrons. The molecule has 8 heteroatoms. The Morgan fingerprint density at radius 1 is 0.949 bits per heavy atom. The van der Waals surface area contributed by atoms with Crippen LogP contribution < -0.4 is 4.74 Å². The predicted molar refractivity (Wildman–Crippen MR) is 146 cm³/mol. The number of halogens is 1. The summed E-state index contributed by atoms with van der Waals surface area (Å²) < 4.78 is 20.1. The van der Waals surface area contributed by atoms with Crippen LogP contribution in [0.4, 0.5) is 4.39 Å². The van der Waals surface area contributed by atoms with Gasteiger partial charge in [0.15, 0.2) is 6.10 Å². The van der Waals surface area contributed by atoms with Crippen molar-refractivity contribution in [2.24, 2.45) is 5.92 Å². The number of rotatable bonds is 6. The first kappa shape index (κ1) is 27.2. The van der Waals surface area contributed by atoms with Gasteiger partial charge in [-0.3, -0.25) is 14.4 Å². The van der Waals surface area contributed by atoms with Crippen LogP contribution in [0.25, 0.3) is 0 Å². The fourth-order valence-corrected chi connectivity index (χ4v) is 6.23. The van der Waals surface area contributed by atoms with E-state index in [0.29, 0.717) is 44.9 Å². The summed E-state index contributed by atoms with van der Waals surface area (Å²) in [5, 5.41) is 0. The summed E-state index contributed by atoms with van der Waals surface area (Å²) in [6, 6.07) is 12.0. The average Bonchev–Trinajstić information content (AvgIpc) is 3.50. The first-order valence-electron chi connectivity index (χ1n) is 14.3. The number of hydrogen-bond acceptors (Lipinski definition) is 4. The summed E-state index contributed by atoms with van der Waals surface area (Å²) >= 11 is 0. The zero-order chi connectivity index (χ0) is 27.5. The molecule has 39 heavy (non-hydrogen) atoms. The summed E-state index contributed by atoms with van der Waals surface area (Å²) in [4.78, 5) is 44.1. The molecule has 0 N–H and O–H groups in total. The van der Waals surface area contributed by atoms with Gasteiger partial charge in [0.05, 0.1) is 6.04 Å². The molecular weight excluding hydrogens is 497 g/mol. The number of nitrogens with zero attached hydrogens (tertiary/aromatic N) is 3. The smallest absolute Gasteiger partial charge is 0.263 e. The monoisotopic (exact) mass is 535 g/mol. The lowest BCUT2D eigenvalue weighted by atomic mass is 9.87. The molecule has 0 unspecified atom stereocenters. The van der Waals surface area contributed by atoms with E-state index in [1.165, 1.54) is 12.1 Å². The molecular formula is C31H38FN3O4. The van der Waals surface area contributed by atoms with E-state index in [1.807, 2.05) is 30.0 Å². The van der Waals surface area contributed by atoms with Gasteiger partial charge in [-0.25, -0.2) is 4.39 Å². The van der Waals surface area contributed by atoms with Crippen LogP contribution in [0, 0.1) is 11.7 Å². The van der Waals surface area contributed by atoms with Gasteiger partial charge < -0.3 is 19.4 Å². The number of carbonyl (C=O) groups excluding carboxylic acids is 3. The second kappa shape index (κ2) is 11.8. The predicted octanol–water partition coefficient (Wildman–Crippen LogP) is 4.34. The first-order chi connectivity index (χ1) is 18.9. The van der Waals surface area contributed by atoms with E-state index in [0.717, 1.165) is 48.8 Å². The van der Waals surface area contributed by atoms with Crippen LogP contribution in [0.5, 0.6) is 5.75 Å². The van der Waals surface area contributed by atoms with Crippen LogP contribution in [0.1, 0.15) is 68.7 Å². The molecule has 3 amide bonds. The molecule has 5 rings (SSSR count). The standard InChI is InChI=1S/C31H38FN3O4/c1-3-28(31(38)34-18-16-33(17-19-34)21(2)36)39-26-13-10-22-14-15-35(30(37)24-6-4-5-7-24)29(27(22)20-26)23-8-11-25(32)12-9-23/h8-13,20,24,28-29H,3-7,14-19H2,1-2H3/t28-,29+/m1/s1. The van der Waals surface area contributed by atoms with Crippen molar-refractivity contribution in [1.82, 2.24) is 14.7 Å². The maximum absolute atomic E-state index is 13.8. The molecule has 2 aromatic carbocycles. The lowest BCUT2D eigenvalue weighted by Gasteiger charge is -2.39. The highest BCUT2D eigenvalue weighted by Gasteiger charge is 2.37. The Balaban J connectivity index is 1.40. The van der Waals surface area contributed by atoms with Crippen LogP contribution >= 0.6 is 0 Å². The molecule has 3 aliphatic rings. The Hall–Kier alpha value is -3.42. The largest absolute Gasteiger partial charge is 0.481 e. The highest BCUT2D eigenvalue weighted by atomic mass is 19.1. The Kier molecular flexibility index (Phi) is 8.19. The Morgan fingerprint density at radius 3 is 2.26 bits per heavy atom. The van der Waals surface area contributed by atoms with Gasteiger partial charge in [0, 0.05) is 45.6 Å². The molecule has 2 fully saturated rings. The Bertz CT molecular complexity index is 1200. The maximum atomic E-state index is 13.8. The zero-order valence-electron chi connectivity index (χ0n) is 22.9. The number of ether oxygens (including phenoxy) is 1. The van der Waals surface area contributed by atoms with Crippen LogP contribution in [-0.2, 0) is 20.8 Å². The van der Waals surface area contributed by atoms with E-state index in [4.69, 9.17) is 4.74 Å². The van der Waals surface area contributed by atoms with Crippen molar-refractivity contribution in [2.75, 3.05) is 32.7 Å². The fraction of sp³-hybridized carbons (Fsp3) is 0.516. The van der Waals surface area contributed by atoms with Crippen molar-refractivity contribution in [3.63, 3.8) is 0 Å². The van der Waals surface area contributed by atoms with Crippen LogP contribution in [0.2, 0.25) is 0 Å². The number of amides is 3. The third-order valence-electron chi connectivity index (χ3n) is 8.48. The summed E-state index contributed by atoms with van der Waals surface area (Å²) in [5.41, 5.74) is 2.97. The minimum absolute atomic E-state index is 0.0237. The van der Waals surface area contributed by atoms with Gasteiger partial charge in [-0.05, 0) is 66.6 Å². The zero-order valence-corrected chi connectivity index (χ0v) is 22.9. The van der Waals surface area contributed by atoms with Gasteiger partial charge in [-0.15, -0.1) is 0 Å². The van der Waals surface area contributed by atoms with Crippen LogP contribution in [-0.4, -0.2) is 71.2 Å². The third kappa shape index (κ3) is 5.80. The molecule has 1 aliphatic carbocycles. The van der Waals surface area contributed by atoms with E-state index >= 15 is 0 Å². The number of piperazine rings is 1. The lowest BCUT2D eigenvalue weighted by Crippen LogP contribution is -2.53. The highest BCUT2D eigenvalue weighted by Crippen LogP contribution is 2.40. The van der Waals surface area contributed by atoms with E-state index in [1.54, 1.807) is 28.9 Å². The van der Waals surface area contributed by atoms with Crippen molar-refractivity contribution in [3.05, 3.63) is 65.0 Å². The van der Waals surface area contributed by atoms with Gasteiger partial charge >= 0.3 is 0 Å². The van der Waals surface area contributed by atoms with Gasteiger partial charge in [-0.2, -0.15) is 0 Å². The van der Waals surface area contributed by atoms with E-state index in [2.05, 4.69) is 0 Å². The number of carbonyl (C=O) groups is 3. The van der Waals surface area contributed by atoms with Crippen molar-refractivity contribution < 1.29 is 23.5 Å². The van der Waals surface area contributed by atoms with E-state index in [9.17, 15) is 18.8 Å². The lowest BCUT2D eigenvalue weighted by molar-refractivity contribution is -0.143. The molecule has 0 aromatic heterocycles. The van der Waals surface area contributed by atoms with Crippen LogP contribution in [0.3, 0.4) is 0 Å². The number of hydrogen-bond donors (Lipinski definition) is 0. The third-order valence-corrected chi connectivity index (χ3v) is 8.48. The van der Waals surface area contributed by atoms with Crippen molar-refractivity contribution in [1.29, 1.82) is 0 Å². The summed E-state index contributed by atoms with van der Waals surface area (Å²) in [5.74, 6) is 0.430. The summed E-state index contributed by atoms with van der Waals surface area (Å²) in [7, 11) is 0. The van der Waals surface area contributed by atoms with Crippen molar-refractivity contribution >= 4 is 17.7 Å². The number of benzene rings is 2. The second-order valence-electron chi connectivity index (χ2n) is 10.9. The maximum Gasteiger partial charge on any atom is 0.263 e. The molecule has 1 saturated heterocycles. The highest BCUT2D eigenvalue weighted by molar-refractivity contribution is 5.82. The van der Waals surface area contributed by atoms with Crippen molar-refractivity contribution in [2.45, 2.75) is 64.5 Å². The summed E-state index contributed by atoms with van der Waals surface area (Å²) in [6.45, 7) is 6.14. The topological polar surface area (TPSA) is 70.2 Å². The van der Waals surface area contributed by atoms with Crippen molar-refractivity contribution in [3.8, 4) is 5.75 Å². The minimum Gasteiger partial charge on any atom is -0.481 e. The molecule has 1 saturated carbocycles. The molecule has 2 atom stereocenters. The molecule has 2 heterocycles. The molecule has 7 nitrogen and oxygen atoms in total. The molecule has 2 aliphatic heterocycles. The first-order valence-corrected chi connectivity index (χ1v) is 14.3. The second-order valence-corrected chi connectivity index (χ2v) is 10.9. The van der Waals surface area contributed by atoms with Gasteiger partial charge in [-0.1, -0.05) is 38.0 Å². The normalized spacial score (nSPS) is 20.5. The molecule has 2 aromatic rings. The van der Waals surface area contributed by atoms with Gasteiger partial charge in [0.2, 0.25) is 11.8 Å². The number of fused-ring (bicyclic) bond motifs is 1. The molecule has 0 spiro atoms. The summed E-state index contributed by atoms with van der Waals surface area (Å²) in [6.07, 6.45) is 4.60. The van der Waals surface area contributed by atoms with Gasteiger partial charge in [0.1, 0.15) is 11.6 Å². The minimum atomic E-state index is -0.643. The average molecular weight is 536 g/mol. The van der Waals surface area contributed by atoms with E-state index < -0.39 is 6.10 Å². The van der Waals surface area contributed by atoms with Gasteiger partial charge in [0.25, 0.3) is 5.91 Å². The van der Waals surface area contributed by atoms with Crippen LogP contribution in [0.15, 0.2) is 42.5 Å². The fourth-order valence-electron chi connectivity index (χ4n) is 6.23. The molecule has 0 bridgehead atoms. The molecule has 208 valence electrons. The quantitative estimate of drug-likeness (QED) is 0.552. The van der Waals surface area contributed by atoms with E-state index in [-0.39, 0.29) is 35.5 Å². The Labute approximate surface area is 229 Å².